The summed E-state index contributed by atoms with van der Waals surface area (Å²) in [6.45, 7) is -0.145. The van der Waals surface area contributed by atoms with Gasteiger partial charge in [-0.25, -0.2) is 0 Å². The highest BCUT2D eigenvalue weighted by Gasteiger charge is 2.09. The molecule has 1 heterocycles. The molecule has 0 saturated heterocycles. The van der Waals surface area contributed by atoms with Crippen LogP contribution in [0.4, 0.5) is 0 Å². The smallest absolute Gasteiger partial charge is 0.323 e. The highest BCUT2D eigenvalue weighted by molar-refractivity contribution is 6.35. The Balaban J connectivity index is 2.62. The van der Waals surface area contributed by atoms with Crippen molar-refractivity contribution < 1.29 is 15.0 Å². The zero-order chi connectivity index (χ0) is 11.0. The molecule has 2 aromatic rings. The van der Waals surface area contributed by atoms with E-state index in [-0.39, 0.29) is 12.3 Å². The zero-order valence-corrected chi connectivity index (χ0v) is 8.40. The van der Waals surface area contributed by atoms with E-state index in [1.165, 1.54) is 16.7 Å². The van der Waals surface area contributed by atoms with Gasteiger partial charge in [-0.05, 0) is 18.2 Å². The van der Waals surface area contributed by atoms with Gasteiger partial charge in [-0.1, -0.05) is 11.6 Å². The van der Waals surface area contributed by atoms with Crippen molar-refractivity contribution >= 4 is 28.5 Å². The van der Waals surface area contributed by atoms with Gasteiger partial charge in [-0.15, -0.1) is 0 Å². The van der Waals surface area contributed by atoms with Gasteiger partial charge < -0.3 is 14.8 Å². The van der Waals surface area contributed by atoms with Gasteiger partial charge in [0.2, 0.25) is 0 Å². The van der Waals surface area contributed by atoms with Gasteiger partial charge in [0.1, 0.15) is 12.3 Å². The summed E-state index contributed by atoms with van der Waals surface area (Å²) in [5.74, 6) is -0.825. The van der Waals surface area contributed by atoms with E-state index in [0.29, 0.717) is 15.9 Å². The van der Waals surface area contributed by atoms with Crippen molar-refractivity contribution in [3.8, 4) is 5.75 Å². The summed E-state index contributed by atoms with van der Waals surface area (Å²) < 4.78 is 1.53. The van der Waals surface area contributed by atoms with Crippen LogP contribution in [0.15, 0.2) is 24.4 Å². The van der Waals surface area contributed by atoms with Gasteiger partial charge in [-0.3, -0.25) is 4.79 Å². The highest BCUT2D eigenvalue weighted by Crippen LogP contribution is 2.28. The number of carbonyl (C=O) groups is 1. The molecule has 15 heavy (non-hydrogen) atoms. The maximum Gasteiger partial charge on any atom is 0.323 e. The number of hydrogen-bond donors (Lipinski definition) is 2. The first kappa shape index (κ1) is 9.86. The Morgan fingerprint density at radius 1 is 1.47 bits per heavy atom. The summed E-state index contributed by atoms with van der Waals surface area (Å²) in [4.78, 5) is 10.6. The molecule has 0 aliphatic rings. The van der Waals surface area contributed by atoms with Crippen molar-refractivity contribution in [2.24, 2.45) is 0 Å². The average Bonchev–Trinajstić information content (AvgIpc) is 2.42. The highest BCUT2D eigenvalue weighted by atomic mass is 35.5. The number of aromatic hydroxyl groups is 1. The number of phenols is 1. The monoisotopic (exact) mass is 225 g/mol. The van der Waals surface area contributed by atoms with Crippen LogP contribution in [-0.2, 0) is 11.3 Å². The van der Waals surface area contributed by atoms with Crippen LogP contribution in [0.25, 0.3) is 10.9 Å². The third-order valence-electron chi connectivity index (χ3n) is 2.12. The van der Waals surface area contributed by atoms with E-state index in [1.807, 2.05) is 0 Å². The van der Waals surface area contributed by atoms with E-state index < -0.39 is 5.97 Å². The molecule has 1 aromatic heterocycles. The van der Waals surface area contributed by atoms with Crippen molar-refractivity contribution in [2.45, 2.75) is 6.54 Å². The van der Waals surface area contributed by atoms with Gasteiger partial charge in [0.25, 0.3) is 0 Å². The standard InChI is InChI=1S/C10H8ClNO3/c11-8-4-12(5-10(14)15)9-2-1-6(13)3-7(8)9/h1-4,13H,5H2,(H,14,15). The average molecular weight is 226 g/mol. The number of carboxylic acid groups (broad SMARTS) is 1. The Bertz CT molecular complexity index is 533. The second kappa shape index (κ2) is 3.47. The molecule has 2 N–H and O–H groups in total. The van der Waals surface area contributed by atoms with Gasteiger partial charge in [0.15, 0.2) is 0 Å². The fourth-order valence-electron chi connectivity index (χ4n) is 1.52. The first-order valence-corrected chi connectivity index (χ1v) is 4.65. The summed E-state index contributed by atoms with van der Waals surface area (Å²) in [5.41, 5.74) is 0.695. The molecule has 0 fully saturated rings. The van der Waals surface area contributed by atoms with Crippen LogP contribution in [0.1, 0.15) is 0 Å². The predicted octanol–water partition coefficient (Wildman–Crippen LogP) is 2.08. The van der Waals surface area contributed by atoms with Gasteiger partial charge >= 0.3 is 5.97 Å². The largest absolute Gasteiger partial charge is 0.508 e. The third-order valence-corrected chi connectivity index (χ3v) is 2.42. The lowest BCUT2D eigenvalue weighted by molar-refractivity contribution is -0.137. The molecule has 0 aliphatic carbocycles. The first-order chi connectivity index (χ1) is 7.08. The molecule has 0 atom stereocenters. The van der Waals surface area contributed by atoms with Crippen molar-refractivity contribution in [1.82, 2.24) is 4.57 Å². The Morgan fingerprint density at radius 2 is 2.20 bits per heavy atom. The van der Waals surface area contributed by atoms with Gasteiger partial charge in [0.05, 0.1) is 10.5 Å². The Kier molecular flexibility index (Phi) is 2.28. The van der Waals surface area contributed by atoms with E-state index in [2.05, 4.69) is 0 Å². The number of benzene rings is 1. The van der Waals surface area contributed by atoms with E-state index in [1.54, 1.807) is 12.3 Å². The number of aromatic nitrogens is 1. The summed E-state index contributed by atoms with van der Waals surface area (Å²) >= 11 is 5.91. The van der Waals surface area contributed by atoms with E-state index in [9.17, 15) is 9.90 Å². The SMILES string of the molecule is O=C(O)Cn1cc(Cl)c2cc(O)ccc21. The number of aliphatic carboxylic acids is 1. The third kappa shape index (κ3) is 1.76. The van der Waals surface area contributed by atoms with Crippen LogP contribution in [0.3, 0.4) is 0 Å². The second-order valence-corrected chi connectivity index (χ2v) is 3.61. The molecule has 0 bridgehead atoms. The first-order valence-electron chi connectivity index (χ1n) is 4.27. The van der Waals surface area contributed by atoms with Crippen LogP contribution < -0.4 is 0 Å². The summed E-state index contributed by atoms with van der Waals surface area (Å²) in [5, 5.41) is 19.0. The van der Waals surface area contributed by atoms with Crippen molar-refractivity contribution in [3.05, 3.63) is 29.4 Å². The lowest BCUT2D eigenvalue weighted by Crippen LogP contribution is -2.06. The normalized spacial score (nSPS) is 10.7. The molecular weight excluding hydrogens is 218 g/mol. The minimum Gasteiger partial charge on any atom is -0.508 e. The van der Waals surface area contributed by atoms with Crippen LogP contribution in [0, 0.1) is 0 Å². The van der Waals surface area contributed by atoms with Crippen molar-refractivity contribution in [1.29, 1.82) is 0 Å². The van der Waals surface area contributed by atoms with Crippen LogP contribution in [-0.4, -0.2) is 20.7 Å². The lowest BCUT2D eigenvalue weighted by Gasteiger charge is -2.00. The van der Waals surface area contributed by atoms with Gasteiger partial charge in [-0.2, -0.15) is 0 Å². The van der Waals surface area contributed by atoms with E-state index in [4.69, 9.17) is 16.7 Å². The second-order valence-electron chi connectivity index (χ2n) is 3.20. The zero-order valence-electron chi connectivity index (χ0n) is 7.64. The molecule has 5 heteroatoms. The number of fused-ring (bicyclic) bond motifs is 1. The van der Waals surface area contributed by atoms with E-state index in [0.717, 1.165) is 0 Å². The van der Waals surface area contributed by atoms with Crippen molar-refractivity contribution in [2.75, 3.05) is 0 Å². The Hall–Kier alpha value is -1.68. The summed E-state index contributed by atoms with van der Waals surface area (Å²) in [7, 11) is 0. The fourth-order valence-corrected chi connectivity index (χ4v) is 1.79. The van der Waals surface area contributed by atoms with Crippen LogP contribution in [0.2, 0.25) is 5.02 Å². The molecule has 0 unspecified atom stereocenters. The van der Waals surface area contributed by atoms with Crippen LogP contribution in [0.5, 0.6) is 5.75 Å². The quantitative estimate of drug-likeness (QED) is 0.823. The maximum atomic E-state index is 10.6. The molecule has 1 aromatic carbocycles. The minimum atomic E-state index is -0.934. The van der Waals surface area contributed by atoms with Crippen molar-refractivity contribution in [3.63, 3.8) is 0 Å². The molecule has 0 aliphatic heterocycles. The molecule has 0 amide bonds. The Morgan fingerprint density at radius 3 is 2.87 bits per heavy atom. The molecular formula is C10H8ClNO3. The summed E-state index contributed by atoms with van der Waals surface area (Å²) in [6, 6.07) is 4.65. The number of hydrogen-bond acceptors (Lipinski definition) is 2. The molecule has 0 radical (unpaired) electrons. The number of phenolic OH excluding ortho intramolecular Hbond substituents is 1. The number of rotatable bonds is 2. The molecule has 2 rings (SSSR count). The predicted molar refractivity (Wildman–Crippen MR) is 56.2 cm³/mol. The number of carboxylic acids is 1. The van der Waals surface area contributed by atoms with Gasteiger partial charge in [0, 0.05) is 11.6 Å². The molecule has 78 valence electrons. The molecule has 0 saturated carbocycles. The Labute approximate surface area is 90.3 Å². The number of halogens is 1. The fraction of sp³-hybridized carbons (Fsp3) is 0.100. The number of nitrogens with zero attached hydrogens (tertiary/aromatic N) is 1. The molecule has 4 nitrogen and oxygen atoms in total. The summed E-state index contributed by atoms with van der Waals surface area (Å²) in [6.07, 6.45) is 1.54. The topological polar surface area (TPSA) is 62.5 Å². The molecule has 0 spiro atoms. The maximum absolute atomic E-state index is 10.6. The van der Waals surface area contributed by atoms with E-state index >= 15 is 0 Å². The minimum absolute atomic E-state index is 0.109. The van der Waals surface area contributed by atoms with Crippen LogP contribution >= 0.6 is 11.6 Å². The lowest BCUT2D eigenvalue weighted by atomic mass is 10.2.